The number of hydrogen-bond acceptors (Lipinski definition) is 5. The molecule has 0 aliphatic rings. The predicted octanol–water partition coefficient (Wildman–Crippen LogP) is 4.39. The smallest absolute Gasteiger partial charge is 0.277 e. The molecule has 1 heterocycles. The highest BCUT2D eigenvalue weighted by Gasteiger charge is 2.11. The van der Waals surface area contributed by atoms with E-state index in [1.165, 1.54) is 0 Å². The number of nitrogens with zero attached hydrogens (tertiary/aromatic N) is 3. The lowest BCUT2D eigenvalue weighted by molar-refractivity contribution is -0.123. The number of para-hydroxylation sites is 1. The summed E-state index contributed by atoms with van der Waals surface area (Å²) in [6.07, 6.45) is 3.48. The molecular weight excluding hydrogens is 416 g/mol. The van der Waals surface area contributed by atoms with Crippen LogP contribution in [0, 0.1) is 6.92 Å². The lowest BCUT2D eigenvalue weighted by atomic mass is 10.1. The van der Waals surface area contributed by atoms with Gasteiger partial charge in [0.1, 0.15) is 17.2 Å². The first kappa shape index (κ1) is 21.8. The predicted molar refractivity (Wildman–Crippen MR) is 128 cm³/mol. The number of benzene rings is 3. The number of aromatic nitrogens is 2. The fourth-order valence-electron chi connectivity index (χ4n) is 3.24. The summed E-state index contributed by atoms with van der Waals surface area (Å²) < 4.78 is 12.4. The number of rotatable bonds is 8. The molecule has 1 N–H and O–H groups in total. The number of carbonyl (C=O) groups excluding carboxylic acids is 1. The number of hydrazone groups is 1. The van der Waals surface area contributed by atoms with E-state index in [1.807, 2.05) is 61.7 Å². The van der Waals surface area contributed by atoms with Gasteiger partial charge >= 0.3 is 0 Å². The quantitative estimate of drug-likeness (QED) is 0.326. The van der Waals surface area contributed by atoms with E-state index in [0.29, 0.717) is 5.75 Å². The number of carbonyl (C=O) groups is 1. The summed E-state index contributed by atoms with van der Waals surface area (Å²) in [6.45, 7) is 1.88. The van der Waals surface area contributed by atoms with Gasteiger partial charge in [0.15, 0.2) is 6.61 Å². The van der Waals surface area contributed by atoms with Gasteiger partial charge in [0, 0.05) is 17.3 Å². The fourth-order valence-corrected chi connectivity index (χ4v) is 3.24. The summed E-state index contributed by atoms with van der Waals surface area (Å²) in [5.74, 6) is 0.923. The van der Waals surface area contributed by atoms with Gasteiger partial charge in [-0.3, -0.25) is 4.79 Å². The molecule has 4 aromatic rings. The third-order valence-electron chi connectivity index (χ3n) is 4.88. The second-order valence-corrected chi connectivity index (χ2v) is 7.34. The molecule has 0 saturated heterocycles. The average Bonchev–Trinajstić information content (AvgIpc) is 3.28. The van der Waals surface area contributed by atoms with Crippen molar-refractivity contribution in [3.63, 3.8) is 0 Å². The average molecular weight is 441 g/mol. The van der Waals surface area contributed by atoms with Gasteiger partial charge in [0.05, 0.1) is 19.0 Å². The molecule has 0 radical (unpaired) electrons. The first-order chi connectivity index (χ1) is 16.1. The molecule has 0 aliphatic heterocycles. The van der Waals surface area contributed by atoms with Crippen molar-refractivity contribution < 1.29 is 14.3 Å². The minimum atomic E-state index is -0.366. The maximum Gasteiger partial charge on any atom is 0.277 e. The molecule has 3 aromatic carbocycles. The van der Waals surface area contributed by atoms with E-state index in [0.717, 1.165) is 33.8 Å². The second-order valence-electron chi connectivity index (χ2n) is 7.34. The Morgan fingerprint density at radius 2 is 1.79 bits per heavy atom. The van der Waals surface area contributed by atoms with Crippen LogP contribution in [0.3, 0.4) is 0 Å². The van der Waals surface area contributed by atoms with Gasteiger partial charge in [0.25, 0.3) is 5.91 Å². The van der Waals surface area contributed by atoms with Crippen LogP contribution in [0.2, 0.25) is 0 Å². The highest BCUT2D eigenvalue weighted by atomic mass is 16.5. The maximum atomic E-state index is 12.2. The molecule has 0 bridgehead atoms. The molecule has 4 rings (SSSR count). The van der Waals surface area contributed by atoms with Gasteiger partial charge in [-0.1, -0.05) is 42.0 Å². The topological polar surface area (TPSA) is 77.7 Å². The Bertz CT molecular complexity index is 1250. The van der Waals surface area contributed by atoms with Gasteiger partial charge in [-0.05, 0) is 49.4 Å². The summed E-state index contributed by atoms with van der Waals surface area (Å²) >= 11 is 0. The maximum absolute atomic E-state index is 12.2. The number of aryl methyl sites for hydroxylation is 1. The van der Waals surface area contributed by atoms with Crippen molar-refractivity contribution in [2.75, 3.05) is 13.7 Å². The Morgan fingerprint density at radius 1 is 1.03 bits per heavy atom. The van der Waals surface area contributed by atoms with Gasteiger partial charge in [-0.15, -0.1) is 0 Å². The van der Waals surface area contributed by atoms with Crippen LogP contribution in [-0.4, -0.2) is 35.6 Å². The summed E-state index contributed by atoms with van der Waals surface area (Å²) in [7, 11) is 1.59. The molecule has 0 unspecified atom stereocenters. The lowest BCUT2D eigenvalue weighted by Crippen LogP contribution is -2.24. The van der Waals surface area contributed by atoms with E-state index >= 15 is 0 Å². The Labute approximate surface area is 192 Å². The first-order valence-electron chi connectivity index (χ1n) is 10.4. The second kappa shape index (κ2) is 10.3. The molecule has 0 aliphatic carbocycles. The summed E-state index contributed by atoms with van der Waals surface area (Å²) in [4.78, 5) is 12.2. The van der Waals surface area contributed by atoms with Crippen molar-refractivity contribution in [3.8, 4) is 28.4 Å². The standard InChI is InChI=1S/C26H24N4O3/c1-19-7-6-8-20(15-19)26-21(17-30(29-26)22-9-4-3-5-10-22)16-27-28-25(31)18-33-24-13-11-23(32-2)12-14-24/h3-17H,18H2,1-2H3,(H,28,31). The lowest BCUT2D eigenvalue weighted by Gasteiger charge is -2.05. The molecule has 33 heavy (non-hydrogen) atoms. The molecule has 0 atom stereocenters. The molecule has 1 amide bonds. The fraction of sp³-hybridized carbons (Fsp3) is 0.115. The SMILES string of the molecule is COc1ccc(OCC(=O)NN=Cc2cn(-c3ccccc3)nc2-c2cccc(C)c2)cc1. The van der Waals surface area contributed by atoms with Crippen LogP contribution in [-0.2, 0) is 4.79 Å². The zero-order valence-corrected chi connectivity index (χ0v) is 18.4. The van der Waals surface area contributed by atoms with Crippen molar-refractivity contribution in [1.29, 1.82) is 0 Å². The third kappa shape index (κ3) is 5.65. The van der Waals surface area contributed by atoms with Crippen LogP contribution >= 0.6 is 0 Å². The van der Waals surface area contributed by atoms with Crippen molar-refractivity contribution in [1.82, 2.24) is 15.2 Å². The number of amides is 1. The molecule has 7 heteroatoms. The zero-order chi connectivity index (χ0) is 23.0. The van der Waals surface area contributed by atoms with E-state index in [9.17, 15) is 4.79 Å². The number of methoxy groups -OCH3 is 1. The van der Waals surface area contributed by atoms with Crippen molar-refractivity contribution in [2.45, 2.75) is 6.92 Å². The van der Waals surface area contributed by atoms with Crippen LogP contribution in [0.15, 0.2) is 90.2 Å². The minimum Gasteiger partial charge on any atom is -0.497 e. The normalized spacial score (nSPS) is 10.8. The van der Waals surface area contributed by atoms with E-state index in [1.54, 1.807) is 42.3 Å². The van der Waals surface area contributed by atoms with Gasteiger partial charge in [0.2, 0.25) is 0 Å². The van der Waals surface area contributed by atoms with E-state index in [4.69, 9.17) is 14.6 Å². The zero-order valence-electron chi connectivity index (χ0n) is 18.4. The molecule has 1 aromatic heterocycles. The van der Waals surface area contributed by atoms with Crippen molar-refractivity contribution >= 4 is 12.1 Å². The Morgan fingerprint density at radius 3 is 2.52 bits per heavy atom. The van der Waals surface area contributed by atoms with E-state index < -0.39 is 0 Å². The Kier molecular flexibility index (Phi) is 6.80. The Balaban J connectivity index is 1.47. The highest BCUT2D eigenvalue weighted by molar-refractivity contribution is 5.89. The van der Waals surface area contributed by atoms with Crippen LogP contribution in [0.1, 0.15) is 11.1 Å². The van der Waals surface area contributed by atoms with E-state index in [2.05, 4.69) is 16.6 Å². The number of nitrogens with one attached hydrogen (secondary N) is 1. The molecule has 0 fully saturated rings. The van der Waals surface area contributed by atoms with Crippen LogP contribution in [0.25, 0.3) is 16.9 Å². The van der Waals surface area contributed by atoms with E-state index in [-0.39, 0.29) is 12.5 Å². The molecule has 166 valence electrons. The molecule has 0 spiro atoms. The van der Waals surface area contributed by atoms with Crippen molar-refractivity contribution in [2.24, 2.45) is 5.10 Å². The summed E-state index contributed by atoms with van der Waals surface area (Å²) in [6, 6.07) is 24.9. The molecule has 7 nitrogen and oxygen atoms in total. The number of ether oxygens (including phenoxy) is 2. The van der Waals surface area contributed by atoms with Crippen molar-refractivity contribution in [3.05, 3.63) is 96.2 Å². The van der Waals surface area contributed by atoms with Crippen LogP contribution in [0.5, 0.6) is 11.5 Å². The summed E-state index contributed by atoms with van der Waals surface area (Å²) in [5.41, 5.74) is 7.10. The van der Waals surface area contributed by atoms with Gasteiger partial charge < -0.3 is 9.47 Å². The largest absolute Gasteiger partial charge is 0.497 e. The van der Waals surface area contributed by atoms with Gasteiger partial charge in [-0.25, -0.2) is 10.1 Å². The van der Waals surface area contributed by atoms with Crippen LogP contribution in [0.4, 0.5) is 0 Å². The monoisotopic (exact) mass is 440 g/mol. The van der Waals surface area contributed by atoms with Crippen LogP contribution < -0.4 is 14.9 Å². The number of hydrogen-bond donors (Lipinski definition) is 1. The molecular formula is C26H24N4O3. The first-order valence-corrected chi connectivity index (χ1v) is 10.4. The summed E-state index contributed by atoms with van der Waals surface area (Å²) in [5, 5.41) is 8.88. The Hall–Kier alpha value is -4.39. The minimum absolute atomic E-state index is 0.155. The molecule has 0 saturated carbocycles. The highest BCUT2D eigenvalue weighted by Crippen LogP contribution is 2.23. The van der Waals surface area contributed by atoms with Gasteiger partial charge in [-0.2, -0.15) is 10.2 Å². The third-order valence-corrected chi connectivity index (χ3v) is 4.88.